The van der Waals surface area contributed by atoms with Gasteiger partial charge in [-0.05, 0) is 47.1 Å². The Morgan fingerprint density at radius 2 is 2.06 bits per heavy atom. The van der Waals surface area contributed by atoms with Crippen LogP contribution in [0.4, 0.5) is 8.78 Å². The number of hydrogen-bond donors (Lipinski definition) is 3. The van der Waals surface area contributed by atoms with Gasteiger partial charge in [0.1, 0.15) is 34.2 Å². The molecule has 3 N–H and O–H groups in total. The Labute approximate surface area is 184 Å². The molecule has 0 radical (unpaired) electrons. The van der Waals surface area contributed by atoms with Gasteiger partial charge in [0.15, 0.2) is 5.76 Å². The molecule has 2 aromatic heterocycles. The van der Waals surface area contributed by atoms with Gasteiger partial charge < -0.3 is 24.6 Å². The molecule has 7 nitrogen and oxygen atoms in total. The minimum absolute atomic E-state index is 0.0699. The molecule has 0 aliphatic rings. The fourth-order valence-corrected chi connectivity index (χ4v) is 3.34. The number of rotatable bonds is 8. The van der Waals surface area contributed by atoms with Gasteiger partial charge >= 0.3 is 0 Å². The van der Waals surface area contributed by atoms with Crippen LogP contribution >= 0.6 is 15.9 Å². The molecule has 0 aliphatic carbocycles. The second-order valence-corrected chi connectivity index (χ2v) is 7.44. The summed E-state index contributed by atoms with van der Waals surface area (Å²) in [7, 11) is 0. The fraction of sp³-hybridized carbons (Fsp3) is 0.238. The van der Waals surface area contributed by atoms with Gasteiger partial charge in [0.2, 0.25) is 0 Å². The first kappa shape index (κ1) is 22.7. The molecule has 1 amide bonds. The number of aliphatic hydroxyl groups excluding tert-OH is 1. The van der Waals surface area contributed by atoms with E-state index < -0.39 is 23.1 Å². The number of amides is 1. The minimum Gasteiger partial charge on any atom is -0.487 e. The number of nitrogens with one attached hydrogen (secondary N) is 2. The smallest absolute Gasteiger partial charge is 0.287 e. The number of aromatic amines is 1. The average Bonchev–Trinajstić information content (AvgIpc) is 3.20. The van der Waals surface area contributed by atoms with Crippen LogP contribution in [0.5, 0.6) is 5.75 Å². The van der Waals surface area contributed by atoms with Crippen molar-refractivity contribution in [3.63, 3.8) is 0 Å². The maximum absolute atomic E-state index is 14.0. The maximum atomic E-state index is 14.0. The van der Waals surface area contributed by atoms with Crippen LogP contribution in [0.3, 0.4) is 0 Å². The Morgan fingerprint density at radius 1 is 1.29 bits per heavy atom. The number of furan rings is 1. The number of hydrogen-bond acceptors (Lipinski definition) is 5. The Kier molecular flexibility index (Phi) is 7.24. The van der Waals surface area contributed by atoms with E-state index in [9.17, 15) is 18.4 Å². The van der Waals surface area contributed by atoms with E-state index in [1.165, 1.54) is 12.1 Å². The van der Waals surface area contributed by atoms with E-state index >= 15 is 0 Å². The third-order valence-corrected chi connectivity index (χ3v) is 5.17. The SMILES string of the molecule is Cc1[nH]c(=O)c(Br)c(OCc2ccc(F)cc2F)c1Cc1ccc(C(=O)NCCO)o1. The van der Waals surface area contributed by atoms with E-state index in [2.05, 4.69) is 26.2 Å². The van der Waals surface area contributed by atoms with E-state index in [1.807, 2.05) is 0 Å². The van der Waals surface area contributed by atoms with Gasteiger partial charge in [0.05, 0.1) is 6.61 Å². The highest BCUT2D eigenvalue weighted by atomic mass is 79.9. The molecule has 0 bridgehead atoms. The lowest BCUT2D eigenvalue weighted by Gasteiger charge is -2.15. The lowest BCUT2D eigenvalue weighted by molar-refractivity contribution is 0.0915. The van der Waals surface area contributed by atoms with Crippen molar-refractivity contribution in [3.8, 4) is 5.75 Å². The maximum Gasteiger partial charge on any atom is 0.287 e. The van der Waals surface area contributed by atoms with Gasteiger partial charge in [-0.1, -0.05) is 0 Å². The zero-order valence-electron chi connectivity index (χ0n) is 16.4. The van der Waals surface area contributed by atoms with Crippen molar-refractivity contribution < 1.29 is 27.8 Å². The van der Waals surface area contributed by atoms with Gasteiger partial charge in [0.25, 0.3) is 11.5 Å². The number of aryl methyl sites for hydroxylation is 1. The highest BCUT2D eigenvalue weighted by Crippen LogP contribution is 2.31. The Morgan fingerprint density at radius 3 is 2.77 bits per heavy atom. The third-order valence-electron chi connectivity index (χ3n) is 4.45. The van der Waals surface area contributed by atoms with E-state index in [4.69, 9.17) is 14.3 Å². The Balaban J connectivity index is 1.87. The van der Waals surface area contributed by atoms with Gasteiger partial charge in [-0.2, -0.15) is 0 Å². The summed E-state index contributed by atoms with van der Waals surface area (Å²) in [5, 5.41) is 11.3. The lowest BCUT2D eigenvalue weighted by atomic mass is 10.1. The van der Waals surface area contributed by atoms with Crippen molar-refractivity contribution >= 4 is 21.8 Å². The number of carbonyl (C=O) groups excluding carboxylic acids is 1. The number of H-pyrrole nitrogens is 1. The topological polar surface area (TPSA) is 105 Å². The quantitative estimate of drug-likeness (QED) is 0.444. The molecule has 0 saturated heterocycles. The predicted molar refractivity (Wildman–Crippen MR) is 111 cm³/mol. The van der Waals surface area contributed by atoms with Crippen LogP contribution in [0.2, 0.25) is 0 Å². The first-order chi connectivity index (χ1) is 14.8. The molecule has 0 saturated carbocycles. The molecule has 3 aromatic rings. The predicted octanol–water partition coefficient (Wildman–Crippen LogP) is 3.21. The molecule has 0 unspecified atom stereocenters. The number of carbonyl (C=O) groups is 1. The second kappa shape index (κ2) is 9.88. The zero-order valence-corrected chi connectivity index (χ0v) is 18.0. The van der Waals surface area contributed by atoms with Crippen molar-refractivity contribution in [2.75, 3.05) is 13.2 Å². The monoisotopic (exact) mass is 496 g/mol. The first-order valence-electron chi connectivity index (χ1n) is 9.26. The van der Waals surface area contributed by atoms with Gasteiger partial charge in [0, 0.05) is 35.9 Å². The molecule has 0 aliphatic heterocycles. The molecule has 10 heteroatoms. The average molecular weight is 497 g/mol. The molecule has 164 valence electrons. The molecule has 0 fully saturated rings. The summed E-state index contributed by atoms with van der Waals surface area (Å²) in [4.78, 5) is 26.8. The minimum atomic E-state index is -0.760. The van der Waals surface area contributed by atoms with E-state index in [1.54, 1.807) is 13.0 Å². The van der Waals surface area contributed by atoms with Gasteiger partial charge in [-0.3, -0.25) is 9.59 Å². The van der Waals surface area contributed by atoms with Crippen LogP contribution < -0.4 is 15.6 Å². The molecule has 0 spiro atoms. The largest absolute Gasteiger partial charge is 0.487 e. The van der Waals surface area contributed by atoms with E-state index in [-0.39, 0.29) is 47.7 Å². The summed E-state index contributed by atoms with van der Waals surface area (Å²) in [5.74, 6) is -1.25. The third kappa shape index (κ3) is 5.39. The number of benzene rings is 1. The van der Waals surface area contributed by atoms with Crippen molar-refractivity contribution in [2.24, 2.45) is 0 Å². The van der Waals surface area contributed by atoms with Crippen molar-refractivity contribution in [1.29, 1.82) is 0 Å². The number of aliphatic hydroxyl groups is 1. The molecule has 3 rings (SSSR count). The Bertz CT molecular complexity index is 1160. The van der Waals surface area contributed by atoms with E-state index in [0.717, 1.165) is 12.1 Å². The standard InChI is InChI=1S/C21H19BrF2N2O5/c1-11-15(9-14-4-5-17(31-14)20(28)25-6-7-27)19(18(22)21(29)26-11)30-10-12-2-3-13(23)8-16(12)24/h2-5,8,27H,6-7,9-10H2,1H3,(H,25,28)(H,26,29). The molecule has 1 aromatic carbocycles. The van der Waals surface area contributed by atoms with Crippen LogP contribution in [0.1, 0.15) is 33.1 Å². The highest BCUT2D eigenvalue weighted by molar-refractivity contribution is 9.10. The van der Waals surface area contributed by atoms with Crippen LogP contribution in [-0.2, 0) is 13.0 Å². The fourth-order valence-electron chi connectivity index (χ4n) is 2.88. The number of aromatic nitrogens is 1. The van der Waals surface area contributed by atoms with Crippen LogP contribution in [0.15, 0.2) is 44.0 Å². The van der Waals surface area contributed by atoms with Crippen molar-refractivity contribution in [2.45, 2.75) is 20.0 Å². The second-order valence-electron chi connectivity index (χ2n) is 6.65. The number of pyridine rings is 1. The van der Waals surface area contributed by atoms with Gasteiger partial charge in [-0.25, -0.2) is 8.78 Å². The first-order valence-corrected chi connectivity index (χ1v) is 10.0. The molecular formula is C21H19BrF2N2O5. The normalized spacial score (nSPS) is 10.9. The summed E-state index contributed by atoms with van der Waals surface area (Å²) in [6.07, 6.45) is 0.176. The molecule has 2 heterocycles. The van der Waals surface area contributed by atoms with Crippen molar-refractivity contribution in [3.05, 3.63) is 85.1 Å². The zero-order chi connectivity index (χ0) is 22.5. The summed E-state index contributed by atoms with van der Waals surface area (Å²) < 4.78 is 38.5. The van der Waals surface area contributed by atoms with Gasteiger partial charge in [-0.15, -0.1) is 0 Å². The summed E-state index contributed by atoms with van der Waals surface area (Å²) in [6.45, 7) is 1.35. The Hall–Kier alpha value is -2.98. The van der Waals surface area contributed by atoms with Crippen LogP contribution in [0.25, 0.3) is 0 Å². The molecule has 0 atom stereocenters. The molecular weight excluding hydrogens is 478 g/mol. The molecule has 31 heavy (non-hydrogen) atoms. The summed E-state index contributed by atoms with van der Waals surface area (Å²) >= 11 is 3.20. The van der Waals surface area contributed by atoms with Crippen LogP contribution in [-0.4, -0.2) is 29.1 Å². The summed E-state index contributed by atoms with van der Waals surface area (Å²) in [5.41, 5.74) is 0.758. The highest BCUT2D eigenvalue weighted by Gasteiger charge is 2.19. The van der Waals surface area contributed by atoms with E-state index in [0.29, 0.717) is 17.0 Å². The van der Waals surface area contributed by atoms with Crippen LogP contribution in [0, 0.1) is 18.6 Å². The summed E-state index contributed by atoms with van der Waals surface area (Å²) in [6, 6.07) is 6.24. The lowest BCUT2D eigenvalue weighted by Crippen LogP contribution is -2.25. The number of halogens is 3. The number of ether oxygens (including phenoxy) is 1. The van der Waals surface area contributed by atoms with Crippen molar-refractivity contribution in [1.82, 2.24) is 10.3 Å².